The molecule has 0 saturated heterocycles. The van der Waals surface area contributed by atoms with Gasteiger partial charge in [0.05, 0.1) is 0 Å². The summed E-state index contributed by atoms with van der Waals surface area (Å²) in [4.78, 5) is 0. The number of rotatable bonds is 0. The zero-order valence-corrected chi connectivity index (χ0v) is 9.60. The zero-order valence-electron chi connectivity index (χ0n) is 5.30. The van der Waals surface area contributed by atoms with E-state index in [0.29, 0.717) is 0 Å². The van der Waals surface area contributed by atoms with E-state index in [2.05, 4.69) is 46.7 Å². The van der Waals surface area contributed by atoms with Gasteiger partial charge in [0.15, 0.2) is 0 Å². The summed E-state index contributed by atoms with van der Waals surface area (Å²) in [5.41, 5.74) is 0. The average Bonchev–Trinajstić information content (AvgIpc) is 2.33. The molecule has 0 amide bonds. The first-order chi connectivity index (χ1) is 6.00. The Hall–Kier alpha value is -0.158. The van der Waals surface area contributed by atoms with Gasteiger partial charge in [0.25, 0.3) is 0 Å². The van der Waals surface area contributed by atoms with Crippen molar-refractivity contribution in [2.24, 2.45) is 0 Å². The monoisotopic (exact) mass is 406 g/mol. The summed E-state index contributed by atoms with van der Waals surface area (Å²) in [6.07, 6.45) is 0. The second kappa shape index (κ2) is 42300. The summed E-state index contributed by atoms with van der Waals surface area (Å²) >= 11 is 4.53. The van der Waals surface area contributed by atoms with Crippen LogP contribution in [-0.4, -0.2) is 0 Å². The van der Waals surface area contributed by atoms with Crippen LogP contribution in [-0.2, 0) is 40.4 Å². The van der Waals surface area contributed by atoms with Crippen molar-refractivity contribution in [3.8, 4) is 0 Å². The van der Waals surface area contributed by atoms with Crippen molar-refractivity contribution in [2.75, 3.05) is 0 Å². The third kappa shape index (κ3) is 31000. The Morgan fingerprint density at radius 3 is 0.500 bits per heavy atom. The molecule has 0 aromatic rings. The van der Waals surface area contributed by atoms with Gasteiger partial charge in [-0.25, -0.2) is 0 Å². The molecule has 12 heavy (non-hydrogen) atoms. The first kappa shape index (κ1) is 40.8. The predicted molar refractivity (Wildman–Crippen MR) is 28.6 cm³/mol. The van der Waals surface area contributed by atoms with E-state index in [1.165, 1.54) is 17.2 Å². The molecule has 0 aromatic carbocycles. The van der Waals surface area contributed by atoms with E-state index in [1.54, 1.807) is 0 Å². The molecule has 0 atom stereocenters. The molecule has 0 saturated carbocycles. The second-order valence-electron chi connectivity index (χ2n) is 0. The Bertz CT molecular complexity index is 78.4. The topological polar surface area (TPSA) is 99.5 Å². The van der Waals surface area contributed by atoms with E-state index in [-0.39, 0.29) is 0 Å². The van der Waals surface area contributed by atoms with E-state index in [4.69, 9.17) is 23.3 Å². The Balaban J connectivity index is -0.00000000900. The van der Waals surface area contributed by atoms with Crippen LogP contribution in [0.1, 0.15) is 0 Å². The van der Waals surface area contributed by atoms with Gasteiger partial charge in [0.2, 0.25) is 0 Å². The van der Waals surface area contributed by atoms with Gasteiger partial charge in [-0.2, -0.15) is 0 Å². The Morgan fingerprint density at radius 1 is 0.500 bits per heavy atom. The van der Waals surface area contributed by atoms with Gasteiger partial charge in [0, 0.05) is 0 Å². The van der Waals surface area contributed by atoms with Crippen LogP contribution < -0.4 is 0 Å². The van der Waals surface area contributed by atoms with E-state index >= 15 is 0 Å². The summed E-state index contributed by atoms with van der Waals surface area (Å²) in [6.45, 7) is 22.5. The average molecular weight is 406 g/mol. The van der Waals surface area contributed by atoms with Crippen LogP contribution >= 0.6 is 13.4 Å². The molecule has 0 N–H and O–H groups in total. The van der Waals surface area contributed by atoms with Gasteiger partial charge in [-0.1, -0.05) is 0 Å². The van der Waals surface area contributed by atoms with Crippen molar-refractivity contribution in [1.82, 2.24) is 0 Å². The Labute approximate surface area is 87.1 Å². The first-order valence-corrected chi connectivity index (χ1v) is 7.10. The quantitative estimate of drug-likeness (QED) is 0.417. The van der Waals surface area contributed by atoms with Crippen molar-refractivity contribution in [3.63, 3.8) is 0 Å². The molecule has 0 spiro atoms. The number of hydrogen-bond acceptors (Lipinski definition) is 0. The summed E-state index contributed by atoms with van der Waals surface area (Å²) in [5, 5.41) is 0. The number of halogens is 1. The molecule has 0 heterocycles. The van der Waals surface area contributed by atoms with E-state index in [0.717, 1.165) is 0 Å². The van der Waals surface area contributed by atoms with Crippen LogP contribution in [0.4, 0.5) is 0 Å². The summed E-state index contributed by atoms with van der Waals surface area (Å²) in [5.74, 6) is 0. The molecule has 0 radical (unpaired) electrons. The van der Waals surface area contributed by atoms with Crippen LogP contribution in [0.25, 0.3) is 0 Å². The molecule has 0 aliphatic heterocycles. The third-order valence-corrected chi connectivity index (χ3v) is 0. The molecule has 0 aliphatic carbocycles. The molecule has 0 unspecified atom stereocenters. The van der Waals surface area contributed by atoms with Gasteiger partial charge >= 0.3 is 87.1 Å². The molecule has 0 aliphatic rings. The van der Waals surface area contributed by atoms with E-state index < -0.39 is 0 Å². The van der Waals surface area contributed by atoms with Crippen LogP contribution in [0, 0.1) is 33.3 Å². The Kier molecular flexibility index (Phi) is 144000. The minimum absolute atomic E-state index is 1.53. The molecule has 0 rings (SSSR count). The number of hydrogen-bond donors (Lipinski definition) is 0. The molecule has 7 heteroatoms. The van der Waals surface area contributed by atoms with E-state index in [9.17, 15) is 0 Å². The van der Waals surface area contributed by atoms with E-state index in [1.807, 2.05) is 0 Å². The van der Waals surface area contributed by atoms with Gasteiger partial charge in [-0.05, 0) is 0 Å². The summed E-state index contributed by atoms with van der Waals surface area (Å²) < 4.78 is 37.5. The molecule has 0 bridgehead atoms. The molecule has 0 aromatic heterocycles. The summed E-state index contributed by atoms with van der Waals surface area (Å²) in [6, 6.07) is 0. The van der Waals surface area contributed by atoms with Crippen molar-refractivity contribution < 1.29 is 40.4 Å². The predicted octanol–water partition coefficient (Wildman–Crippen LogP) is 0.656. The van der Waals surface area contributed by atoms with Gasteiger partial charge in [-0.15, -0.1) is 0 Å². The van der Waals surface area contributed by atoms with Gasteiger partial charge in [-0.3, -0.25) is 0 Å². The van der Waals surface area contributed by atoms with Crippen molar-refractivity contribution in [1.29, 1.82) is 0 Å². The first-order valence-electron chi connectivity index (χ1n) is 1.16. The molecular formula is C5BrO5Re. The van der Waals surface area contributed by atoms with Gasteiger partial charge in [0.1, 0.15) is 0 Å². The maximum atomic E-state index is 7.50. The van der Waals surface area contributed by atoms with Gasteiger partial charge < -0.3 is 0 Å². The fourth-order valence-corrected chi connectivity index (χ4v) is 0. The van der Waals surface area contributed by atoms with Crippen LogP contribution in [0.15, 0.2) is 0 Å². The maximum absolute atomic E-state index is 7.50. The fourth-order valence-electron chi connectivity index (χ4n) is 0. The third-order valence-electron chi connectivity index (χ3n) is 0. The molecular weight excluding hydrogens is 406 g/mol. The van der Waals surface area contributed by atoms with Crippen LogP contribution in [0.3, 0.4) is 0 Å². The molecule has 64 valence electrons. The van der Waals surface area contributed by atoms with Crippen molar-refractivity contribution >= 4 is 13.4 Å². The SMILES string of the molecule is [Br][Re].[C-]#[O+].[C-]#[O+].[C-]#[O+].[C-]#[O+].[C-]#[O+]. The summed E-state index contributed by atoms with van der Waals surface area (Å²) in [7, 11) is 0. The van der Waals surface area contributed by atoms with Crippen LogP contribution in [0.5, 0.6) is 0 Å². The minimum atomic E-state index is 1.53. The second-order valence-corrected chi connectivity index (χ2v) is 0. The normalized spacial score (nSPS) is 1.33. The molecule has 5 nitrogen and oxygen atoms in total. The van der Waals surface area contributed by atoms with Crippen LogP contribution in [0.2, 0.25) is 0 Å². The van der Waals surface area contributed by atoms with Crippen molar-refractivity contribution in [3.05, 3.63) is 33.3 Å². The zero-order chi connectivity index (χ0) is 12.0. The standard InChI is InChI=1S/5CO.BrH.Re/c5*1-2;;/h;;;;;1H;/q;;;;;;+1/p-1. The fraction of sp³-hybridized carbons (Fsp3) is 0. The Morgan fingerprint density at radius 2 is 0.500 bits per heavy atom. The van der Waals surface area contributed by atoms with Crippen molar-refractivity contribution in [2.45, 2.75) is 0 Å². The molecule has 0 fully saturated rings.